The zero-order valence-electron chi connectivity index (χ0n) is 11.4. The Morgan fingerprint density at radius 1 is 1.40 bits per heavy atom. The van der Waals surface area contributed by atoms with Crippen LogP contribution in [0, 0.1) is 0 Å². The quantitative estimate of drug-likeness (QED) is 0.746. The van der Waals surface area contributed by atoms with E-state index >= 15 is 0 Å². The molecule has 1 saturated heterocycles. The topological polar surface area (TPSA) is 93.5 Å². The molecule has 0 aromatic heterocycles. The Hall–Kier alpha value is -1.92. The molecule has 0 radical (unpaired) electrons. The summed E-state index contributed by atoms with van der Waals surface area (Å²) in [5, 5.41) is 5.30. The normalized spacial score (nSPS) is 21.5. The molecule has 1 fully saturated rings. The highest BCUT2D eigenvalue weighted by atomic mass is 16.5. The maximum atomic E-state index is 12.0. The summed E-state index contributed by atoms with van der Waals surface area (Å²) in [5.41, 5.74) is 6.59. The first-order chi connectivity index (χ1) is 9.63. The van der Waals surface area contributed by atoms with Gasteiger partial charge in [0.25, 0.3) is 11.8 Å². The zero-order chi connectivity index (χ0) is 14.5. The number of carbonyl (C=O) groups is 2. The van der Waals surface area contributed by atoms with Crippen LogP contribution >= 0.6 is 0 Å². The molecular formula is C14H19N3O3. The highest BCUT2D eigenvalue weighted by molar-refractivity contribution is 5.98. The van der Waals surface area contributed by atoms with Crippen molar-refractivity contribution in [1.82, 2.24) is 5.32 Å². The van der Waals surface area contributed by atoms with E-state index in [1.165, 1.54) is 0 Å². The smallest absolute Gasteiger partial charge is 0.253 e. The lowest BCUT2D eigenvalue weighted by Gasteiger charge is -2.13. The highest BCUT2D eigenvalue weighted by Gasteiger charge is 2.29. The first-order valence-electron chi connectivity index (χ1n) is 6.62. The van der Waals surface area contributed by atoms with Crippen LogP contribution in [-0.4, -0.2) is 37.6 Å². The van der Waals surface area contributed by atoms with Gasteiger partial charge < -0.3 is 21.1 Å². The van der Waals surface area contributed by atoms with Gasteiger partial charge in [-0.15, -0.1) is 0 Å². The Morgan fingerprint density at radius 2 is 2.20 bits per heavy atom. The Morgan fingerprint density at radius 3 is 2.85 bits per heavy atom. The van der Waals surface area contributed by atoms with Gasteiger partial charge in [-0.2, -0.15) is 0 Å². The lowest BCUT2D eigenvalue weighted by atomic mass is 10.1. The van der Waals surface area contributed by atoms with Crippen LogP contribution in [-0.2, 0) is 9.53 Å². The van der Waals surface area contributed by atoms with E-state index in [4.69, 9.17) is 10.5 Å². The Labute approximate surface area is 117 Å². The van der Waals surface area contributed by atoms with Crippen molar-refractivity contribution in [3.63, 3.8) is 0 Å². The maximum absolute atomic E-state index is 12.0. The molecule has 108 valence electrons. The van der Waals surface area contributed by atoms with E-state index in [1.54, 1.807) is 31.3 Å². The second-order valence-electron chi connectivity index (χ2n) is 4.71. The van der Waals surface area contributed by atoms with Crippen molar-refractivity contribution in [3.8, 4) is 0 Å². The van der Waals surface area contributed by atoms with E-state index in [1.807, 2.05) is 0 Å². The van der Waals surface area contributed by atoms with Gasteiger partial charge in [-0.3, -0.25) is 9.59 Å². The summed E-state index contributed by atoms with van der Waals surface area (Å²) < 4.78 is 5.53. The molecule has 2 amide bonds. The lowest BCUT2D eigenvalue weighted by Crippen LogP contribution is -2.29. The maximum Gasteiger partial charge on any atom is 0.253 e. The van der Waals surface area contributed by atoms with Crippen LogP contribution in [0.4, 0.5) is 5.69 Å². The Balaban J connectivity index is 1.99. The van der Waals surface area contributed by atoms with Gasteiger partial charge in [0.15, 0.2) is 0 Å². The monoisotopic (exact) mass is 277 g/mol. The molecule has 1 aromatic carbocycles. The molecule has 2 atom stereocenters. The SMILES string of the molecule is CNC(=O)c1cccc(NC(=O)C2CCC(CN)O2)c1. The number of amides is 2. The van der Waals surface area contributed by atoms with Gasteiger partial charge in [-0.1, -0.05) is 6.07 Å². The van der Waals surface area contributed by atoms with E-state index in [0.29, 0.717) is 24.2 Å². The number of carbonyl (C=O) groups excluding carboxylic acids is 2. The van der Waals surface area contributed by atoms with Crippen LogP contribution in [0.15, 0.2) is 24.3 Å². The van der Waals surface area contributed by atoms with Crippen molar-refractivity contribution < 1.29 is 14.3 Å². The number of anilines is 1. The van der Waals surface area contributed by atoms with Gasteiger partial charge in [0.1, 0.15) is 6.10 Å². The summed E-state index contributed by atoms with van der Waals surface area (Å²) in [4.78, 5) is 23.6. The van der Waals surface area contributed by atoms with Gasteiger partial charge in [-0.25, -0.2) is 0 Å². The summed E-state index contributed by atoms with van der Waals surface area (Å²) in [6, 6.07) is 6.77. The summed E-state index contributed by atoms with van der Waals surface area (Å²) in [6.07, 6.45) is 0.963. The van der Waals surface area contributed by atoms with Gasteiger partial charge >= 0.3 is 0 Å². The van der Waals surface area contributed by atoms with Crippen LogP contribution in [0.2, 0.25) is 0 Å². The van der Waals surface area contributed by atoms with Gasteiger partial charge in [0.2, 0.25) is 0 Å². The van der Waals surface area contributed by atoms with Crippen LogP contribution in [0.25, 0.3) is 0 Å². The Bertz CT molecular complexity index is 504. The minimum atomic E-state index is -0.466. The first-order valence-corrected chi connectivity index (χ1v) is 6.62. The molecule has 2 rings (SSSR count). The highest BCUT2D eigenvalue weighted by Crippen LogP contribution is 2.20. The average Bonchev–Trinajstić information content (AvgIpc) is 2.95. The molecule has 2 unspecified atom stereocenters. The third-order valence-corrected chi connectivity index (χ3v) is 3.28. The van der Waals surface area contributed by atoms with Crippen LogP contribution in [0.3, 0.4) is 0 Å². The van der Waals surface area contributed by atoms with Crippen molar-refractivity contribution in [1.29, 1.82) is 0 Å². The number of nitrogens with two attached hydrogens (primary N) is 1. The van der Waals surface area contributed by atoms with Crippen molar-refractivity contribution in [3.05, 3.63) is 29.8 Å². The molecule has 1 aliphatic rings. The molecule has 0 spiro atoms. The second-order valence-corrected chi connectivity index (χ2v) is 4.71. The molecule has 1 heterocycles. The standard InChI is InChI=1S/C14H19N3O3/c1-16-13(18)9-3-2-4-10(7-9)17-14(19)12-6-5-11(8-15)20-12/h2-4,7,11-12H,5-6,8,15H2,1H3,(H,16,18)(H,17,19). The number of benzene rings is 1. The molecular weight excluding hydrogens is 258 g/mol. The van der Waals surface area contributed by atoms with Crippen LogP contribution < -0.4 is 16.4 Å². The number of hydrogen-bond acceptors (Lipinski definition) is 4. The molecule has 0 bridgehead atoms. The number of rotatable bonds is 4. The largest absolute Gasteiger partial charge is 0.364 e. The van der Waals surface area contributed by atoms with Crippen molar-refractivity contribution in [2.24, 2.45) is 5.73 Å². The lowest BCUT2D eigenvalue weighted by molar-refractivity contribution is -0.126. The summed E-state index contributed by atoms with van der Waals surface area (Å²) in [6.45, 7) is 0.427. The van der Waals surface area contributed by atoms with E-state index in [2.05, 4.69) is 10.6 Å². The molecule has 0 aliphatic carbocycles. The molecule has 1 aromatic rings. The fourth-order valence-electron chi connectivity index (χ4n) is 2.18. The van der Waals surface area contributed by atoms with Gasteiger partial charge in [0.05, 0.1) is 6.10 Å². The van der Waals surface area contributed by atoms with E-state index < -0.39 is 6.10 Å². The molecule has 1 aliphatic heterocycles. The third kappa shape index (κ3) is 3.34. The summed E-state index contributed by atoms with van der Waals surface area (Å²) in [7, 11) is 1.56. The number of nitrogens with one attached hydrogen (secondary N) is 2. The molecule has 0 saturated carbocycles. The number of hydrogen-bond donors (Lipinski definition) is 3. The molecule has 20 heavy (non-hydrogen) atoms. The predicted molar refractivity (Wildman–Crippen MR) is 75.4 cm³/mol. The second kappa shape index (κ2) is 6.49. The van der Waals surface area contributed by atoms with E-state index in [0.717, 1.165) is 6.42 Å². The van der Waals surface area contributed by atoms with Gasteiger partial charge in [-0.05, 0) is 31.0 Å². The fraction of sp³-hybridized carbons (Fsp3) is 0.429. The number of ether oxygens (including phenoxy) is 1. The predicted octanol–water partition coefficient (Wildman–Crippen LogP) is 0.491. The van der Waals surface area contributed by atoms with E-state index in [9.17, 15) is 9.59 Å². The van der Waals surface area contributed by atoms with E-state index in [-0.39, 0.29) is 17.9 Å². The average molecular weight is 277 g/mol. The Kier molecular flexibility index (Phi) is 4.70. The van der Waals surface area contributed by atoms with Gasteiger partial charge in [0, 0.05) is 24.8 Å². The zero-order valence-corrected chi connectivity index (χ0v) is 11.4. The summed E-state index contributed by atoms with van der Waals surface area (Å²) in [5.74, 6) is -0.392. The fourth-order valence-corrected chi connectivity index (χ4v) is 2.18. The molecule has 6 nitrogen and oxygen atoms in total. The first kappa shape index (κ1) is 14.5. The van der Waals surface area contributed by atoms with Crippen molar-refractivity contribution in [2.75, 3.05) is 18.9 Å². The summed E-state index contributed by atoms with van der Waals surface area (Å²) >= 11 is 0. The minimum Gasteiger partial charge on any atom is -0.364 e. The minimum absolute atomic E-state index is 0.0389. The third-order valence-electron chi connectivity index (χ3n) is 3.28. The van der Waals surface area contributed by atoms with Crippen LogP contribution in [0.1, 0.15) is 23.2 Å². The van der Waals surface area contributed by atoms with Crippen molar-refractivity contribution in [2.45, 2.75) is 25.0 Å². The van der Waals surface area contributed by atoms with Crippen molar-refractivity contribution >= 4 is 17.5 Å². The molecule has 6 heteroatoms. The van der Waals surface area contributed by atoms with Crippen LogP contribution in [0.5, 0.6) is 0 Å². The molecule has 4 N–H and O–H groups in total.